The Labute approximate surface area is 106 Å². The molecule has 18 heavy (non-hydrogen) atoms. The second-order valence-electron chi connectivity index (χ2n) is 5.51. The minimum absolute atomic E-state index is 0.0118. The predicted octanol–water partition coefficient (Wildman–Crippen LogP) is 4.04. The lowest BCUT2D eigenvalue weighted by Gasteiger charge is -2.20. The lowest BCUT2D eigenvalue weighted by molar-refractivity contribution is 0.00684. The molecule has 4 heteroatoms. The van der Waals surface area contributed by atoms with Crippen molar-refractivity contribution in [1.82, 2.24) is 0 Å². The van der Waals surface area contributed by atoms with Gasteiger partial charge in [-0.1, -0.05) is 13.8 Å². The summed E-state index contributed by atoms with van der Waals surface area (Å²) >= 11 is 0. The van der Waals surface area contributed by atoms with Gasteiger partial charge in [-0.15, -0.1) is 0 Å². The van der Waals surface area contributed by atoms with Gasteiger partial charge in [0.15, 0.2) is 0 Å². The molecule has 1 aromatic rings. The molecule has 0 saturated heterocycles. The average molecular weight is 256 g/mol. The number of ether oxygens (including phenoxy) is 1. The largest absolute Gasteiger partial charge is 0.456 e. The Hall–Kier alpha value is -1.45. The highest BCUT2D eigenvalue weighted by Gasteiger charge is 2.21. The van der Waals surface area contributed by atoms with Crippen LogP contribution in [0.3, 0.4) is 0 Å². The second-order valence-corrected chi connectivity index (χ2v) is 5.51. The van der Waals surface area contributed by atoms with Crippen molar-refractivity contribution >= 4 is 5.97 Å². The Morgan fingerprint density at radius 2 is 1.61 bits per heavy atom. The first-order chi connectivity index (χ1) is 8.11. The Balaban J connectivity index is 3.11. The molecule has 0 aliphatic carbocycles. The van der Waals surface area contributed by atoms with Crippen LogP contribution in [0.1, 0.15) is 56.5 Å². The molecule has 0 radical (unpaired) electrons. The third-order valence-corrected chi connectivity index (χ3v) is 2.29. The third-order valence-electron chi connectivity index (χ3n) is 2.29. The van der Waals surface area contributed by atoms with Crippen molar-refractivity contribution in [3.8, 4) is 0 Å². The van der Waals surface area contributed by atoms with Crippen LogP contribution in [0.2, 0.25) is 0 Å². The zero-order chi connectivity index (χ0) is 14.1. The number of rotatable bonds is 2. The number of esters is 1. The van der Waals surface area contributed by atoms with Crippen molar-refractivity contribution in [2.45, 2.75) is 46.1 Å². The van der Waals surface area contributed by atoms with Crippen molar-refractivity contribution in [2.75, 3.05) is 0 Å². The van der Waals surface area contributed by atoms with Crippen LogP contribution in [0.5, 0.6) is 0 Å². The van der Waals surface area contributed by atoms with Crippen LogP contribution in [-0.2, 0) is 4.74 Å². The van der Waals surface area contributed by atoms with Gasteiger partial charge < -0.3 is 4.74 Å². The highest BCUT2D eigenvalue weighted by Crippen LogP contribution is 2.24. The van der Waals surface area contributed by atoms with Crippen LogP contribution in [-0.4, -0.2) is 11.6 Å². The highest BCUT2D eigenvalue weighted by molar-refractivity contribution is 5.89. The number of hydrogen-bond donors (Lipinski definition) is 0. The van der Waals surface area contributed by atoms with E-state index in [0.29, 0.717) is 0 Å². The fourth-order valence-corrected chi connectivity index (χ4v) is 1.59. The average Bonchev–Trinajstić information content (AvgIpc) is 2.12. The van der Waals surface area contributed by atoms with Gasteiger partial charge >= 0.3 is 5.97 Å². The molecule has 0 saturated carbocycles. The maximum absolute atomic E-state index is 13.7. The van der Waals surface area contributed by atoms with Crippen LogP contribution < -0.4 is 0 Å². The number of benzene rings is 1. The van der Waals surface area contributed by atoms with E-state index in [1.807, 2.05) is 0 Å². The van der Waals surface area contributed by atoms with E-state index in [9.17, 15) is 13.6 Å². The zero-order valence-corrected chi connectivity index (χ0v) is 11.3. The lowest BCUT2D eigenvalue weighted by Crippen LogP contribution is -2.24. The van der Waals surface area contributed by atoms with Gasteiger partial charge in [0.25, 0.3) is 0 Å². The number of hydrogen-bond acceptors (Lipinski definition) is 2. The molecule has 0 spiro atoms. The van der Waals surface area contributed by atoms with Gasteiger partial charge in [-0.2, -0.15) is 0 Å². The molecule has 0 aliphatic heterocycles. The number of halogens is 2. The maximum atomic E-state index is 13.7. The molecular formula is C14H18F2O2. The van der Waals surface area contributed by atoms with Crippen LogP contribution in [0, 0.1) is 11.6 Å². The van der Waals surface area contributed by atoms with Crippen LogP contribution in [0.25, 0.3) is 0 Å². The predicted molar refractivity (Wildman–Crippen MR) is 65.6 cm³/mol. The Bertz CT molecular complexity index is 436. The Morgan fingerprint density at radius 3 is 1.94 bits per heavy atom. The lowest BCUT2D eigenvalue weighted by atomic mass is 10.00. The highest BCUT2D eigenvalue weighted by atomic mass is 19.1. The summed E-state index contributed by atoms with van der Waals surface area (Å²) in [5.74, 6) is -2.44. The van der Waals surface area contributed by atoms with E-state index >= 15 is 0 Å². The second kappa shape index (κ2) is 5.04. The van der Waals surface area contributed by atoms with Gasteiger partial charge in [-0.25, -0.2) is 13.6 Å². The standard InChI is InChI=1S/C14H18F2O2/c1-8(2)12-10(15)6-9(7-11(12)16)13(17)18-14(3,4)5/h6-8H,1-5H3. The van der Waals surface area contributed by atoms with Gasteiger partial charge in [0.1, 0.15) is 17.2 Å². The number of carbonyl (C=O) groups excluding carboxylic acids is 1. The quantitative estimate of drug-likeness (QED) is 0.746. The molecular weight excluding hydrogens is 238 g/mol. The summed E-state index contributed by atoms with van der Waals surface area (Å²) in [5.41, 5.74) is -0.813. The third kappa shape index (κ3) is 3.52. The normalized spacial score (nSPS) is 11.8. The smallest absolute Gasteiger partial charge is 0.338 e. The maximum Gasteiger partial charge on any atom is 0.338 e. The fraction of sp³-hybridized carbons (Fsp3) is 0.500. The summed E-state index contributed by atoms with van der Waals surface area (Å²) in [7, 11) is 0. The van der Waals surface area contributed by atoms with E-state index in [0.717, 1.165) is 12.1 Å². The van der Waals surface area contributed by atoms with Gasteiger partial charge in [0.2, 0.25) is 0 Å². The molecule has 0 heterocycles. The summed E-state index contributed by atoms with van der Waals surface area (Å²) in [5, 5.41) is 0. The Morgan fingerprint density at radius 1 is 1.17 bits per heavy atom. The molecule has 1 aromatic carbocycles. The summed E-state index contributed by atoms with van der Waals surface area (Å²) in [6, 6.07) is 2.04. The molecule has 0 unspecified atom stereocenters. The molecule has 0 amide bonds. The van der Waals surface area contributed by atoms with E-state index in [-0.39, 0.29) is 17.0 Å². The molecule has 2 nitrogen and oxygen atoms in total. The van der Waals surface area contributed by atoms with E-state index in [1.54, 1.807) is 34.6 Å². The fourth-order valence-electron chi connectivity index (χ4n) is 1.59. The molecule has 0 aromatic heterocycles. The van der Waals surface area contributed by atoms with Crippen LogP contribution >= 0.6 is 0 Å². The topological polar surface area (TPSA) is 26.3 Å². The molecule has 1 rings (SSSR count). The first-order valence-electron chi connectivity index (χ1n) is 5.84. The Kier molecular flexibility index (Phi) is 4.09. The van der Waals surface area contributed by atoms with Gasteiger partial charge in [0.05, 0.1) is 5.56 Å². The summed E-state index contributed by atoms with van der Waals surface area (Å²) in [6.45, 7) is 8.46. The summed E-state index contributed by atoms with van der Waals surface area (Å²) in [4.78, 5) is 11.7. The molecule has 0 aliphatic rings. The minimum atomic E-state index is -0.726. The van der Waals surface area contributed by atoms with Crippen molar-refractivity contribution < 1.29 is 18.3 Å². The molecule has 100 valence electrons. The zero-order valence-electron chi connectivity index (χ0n) is 11.3. The van der Waals surface area contributed by atoms with Gasteiger partial charge in [-0.3, -0.25) is 0 Å². The van der Waals surface area contributed by atoms with Crippen molar-refractivity contribution in [1.29, 1.82) is 0 Å². The monoisotopic (exact) mass is 256 g/mol. The molecule has 0 atom stereocenters. The van der Waals surface area contributed by atoms with Gasteiger partial charge in [0, 0.05) is 5.56 Å². The van der Waals surface area contributed by atoms with E-state index in [2.05, 4.69) is 0 Å². The number of carbonyl (C=O) groups is 1. The first kappa shape index (κ1) is 14.6. The molecule has 0 N–H and O–H groups in total. The van der Waals surface area contributed by atoms with Crippen molar-refractivity contribution in [3.63, 3.8) is 0 Å². The van der Waals surface area contributed by atoms with E-state index in [4.69, 9.17) is 4.74 Å². The summed E-state index contributed by atoms with van der Waals surface area (Å²) in [6.07, 6.45) is 0. The molecule has 0 fully saturated rings. The summed E-state index contributed by atoms with van der Waals surface area (Å²) < 4.78 is 32.5. The molecule has 0 bridgehead atoms. The first-order valence-corrected chi connectivity index (χ1v) is 5.84. The minimum Gasteiger partial charge on any atom is -0.456 e. The SMILES string of the molecule is CC(C)c1c(F)cc(C(=O)OC(C)(C)C)cc1F. The van der Waals surface area contributed by atoms with Crippen molar-refractivity contribution in [2.24, 2.45) is 0 Å². The van der Waals surface area contributed by atoms with Crippen LogP contribution in [0.15, 0.2) is 12.1 Å². The van der Waals surface area contributed by atoms with Crippen LogP contribution in [0.4, 0.5) is 8.78 Å². The van der Waals surface area contributed by atoms with E-state index < -0.39 is 23.2 Å². The van der Waals surface area contributed by atoms with Gasteiger partial charge in [-0.05, 0) is 38.8 Å². The van der Waals surface area contributed by atoms with Crippen molar-refractivity contribution in [3.05, 3.63) is 34.9 Å². The van der Waals surface area contributed by atoms with E-state index in [1.165, 1.54) is 0 Å².